The maximum absolute atomic E-state index is 12.0. The predicted molar refractivity (Wildman–Crippen MR) is 76.8 cm³/mol. The molecule has 2 aliphatic rings. The van der Waals surface area contributed by atoms with Gasteiger partial charge in [0.05, 0.1) is 6.04 Å². The first-order chi connectivity index (χ1) is 9.74. The molecule has 0 radical (unpaired) electrons. The van der Waals surface area contributed by atoms with Gasteiger partial charge in [-0.05, 0) is 43.7 Å². The highest BCUT2D eigenvalue weighted by atomic mass is 16.2. The molecule has 0 aliphatic carbocycles. The van der Waals surface area contributed by atoms with Crippen LogP contribution in [0.25, 0.3) is 0 Å². The van der Waals surface area contributed by atoms with Crippen molar-refractivity contribution in [1.82, 2.24) is 10.6 Å². The Hall–Kier alpha value is -2.08. The molecule has 0 bridgehead atoms. The van der Waals surface area contributed by atoms with Gasteiger partial charge in [-0.1, -0.05) is 0 Å². The summed E-state index contributed by atoms with van der Waals surface area (Å²) < 4.78 is 0. The van der Waals surface area contributed by atoms with Gasteiger partial charge < -0.3 is 16.0 Å². The first kappa shape index (κ1) is 12.9. The van der Waals surface area contributed by atoms with Crippen LogP contribution in [0, 0.1) is 0 Å². The lowest BCUT2D eigenvalue weighted by atomic mass is 10.2. The van der Waals surface area contributed by atoms with Gasteiger partial charge in [-0.25, -0.2) is 4.79 Å². The minimum Gasteiger partial charge on any atom is -0.336 e. The second-order valence-electron chi connectivity index (χ2n) is 5.07. The van der Waals surface area contributed by atoms with Gasteiger partial charge in [0.2, 0.25) is 5.91 Å². The molecule has 1 unspecified atom stereocenters. The van der Waals surface area contributed by atoms with Gasteiger partial charge in [0.15, 0.2) is 0 Å². The first-order valence-corrected chi connectivity index (χ1v) is 6.94. The van der Waals surface area contributed by atoms with E-state index >= 15 is 0 Å². The molecule has 2 saturated heterocycles. The number of nitrogens with one attached hydrogen (secondary N) is 3. The number of amides is 3. The van der Waals surface area contributed by atoms with E-state index in [1.807, 2.05) is 24.3 Å². The van der Waals surface area contributed by atoms with Crippen LogP contribution in [0.5, 0.6) is 0 Å². The summed E-state index contributed by atoms with van der Waals surface area (Å²) in [6, 6.07) is 7.20. The molecule has 1 atom stereocenters. The van der Waals surface area contributed by atoms with Gasteiger partial charge in [-0.15, -0.1) is 0 Å². The average molecular weight is 274 g/mol. The van der Waals surface area contributed by atoms with Gasteiger partial charge in [-0.3, -0.25) is 9.69 Å². The minimum atomic E-state index is -0.0842. The maximum atomic E-state index is 12.0. The molecule has 6 heteroatoms. The second kappa shape index (κ2) is 5.50. The number of nitrogens with zero attached hydrogens (tertiary/aromatic N) is 1. The summed E-state index contributed by atoms with van der Waals surface area (Å²) in [5, 5.41) is 8.82. The lowest BCUT2D eigenvalue weighted by molar-refractivity contribution is -0.117. The monoisotopic (exact) mass is 274 g/mol. The number of hydrogen-bond donors (Lipinski definition) is 3. The molecule has 3 rings (SSSR count). The van der Waals surface area contributed by atoms with Crippen LogP contribution < -0.4 is 20.9 Å². The van der Waals surface area contributed by atoms with Crippen LogP contribution in [0.2, 0.25) is 0 Å². The van der Waals surface area contributed by atoms with Crippen LogP contribution in [0.15, 0.2) is 24.3 Å². The normalized spacial score (nSPS) is 21.9. The number of anilines is 2. The number of rotatable bonds is 3. The summed E-state index contributed by atoms with van der Waals surface area (Å²) in [7, 11) is 0. The molecule has 1 aromatic carbocycles. The van der Waals surface area contributed by atoms with E-state index in [9.17, 15) is 9.59 Å². The molecule has 3 N–H and O–H groups in total. The molecular weight excluding hydrogens is 256 g/mol. The smallest absolute Gasteiger partial charge is 0.321 e. The first-order valence-electron chi connectivity index (χ1n) is 6.94. The van der Waals surface area contributed by atoms with Crippen LogP contribution in [0.3, 0.4) is 0 Å². The fourth-order valence-corrected chi connectivity index (χ4v) is 2.58. The molecule has 1 aromatic rings. The predicted octanol–water partition coefficient (Wildman–Crippen LogP) is 0.907. The van der Waals surface area contributed by atoms with Crippen molar-refractivity contribution in [3.05, 3.63) is 24.3 Å². The second-order valence-corrected chi connectivity index (χ2v) is 5.07. The van der Waals surface area contributed by atoms with Crippen molar-refractivity contribution in [2.75, 3.05) is 29.9 Å². The van der Waals surface area contributed by atoms with E-state index in [2.05, 4.69) is 16.0 Å². The molecular formula is C14H18N4O2. The highest BCUT2D eigenvalue weighted by Gasteiger charge is 2.23. The van der Waals surface area contributed by atoms with Gasteiger partial charge in [0.25, 0.3) is 0 Å². The molecule has 2 aliphatic heterocycles. The maximum Gasteiger partial charge on any atom is 0.321 e. The summed E-state index contributed by atoms with van der Waals surface area (Å²) in [6.45, 7) is 2.25. The Balaban J connectivity index is 1.63. The van der Waals surface area contributed by atoms with Crippen LogP contribution in [0.1, 0.15) is 12.8 Å². The molecule has 2 fully saturated rings. The minimum absolute atomic E-state index is 0.00849. The highest BCUT2D eigenvalue weighted by Crippen LogP contribution is 2.20. The van der Waals surface area contributed by atoms with E-state index in [1.165, 1.54) is 0 Å². The Bertz CT molecular complexity index is 508. The third-order valence-corrected chi connectivity index (χ3v) is 3.68. The van der Waals surface area contributed by atoms with Gasteiger partial charge in [0.1, 0.15) is 0 Å². The van der Waals surface area contributed by atoms with E-state index in [4.69, 9.17) is 0 Å². The summed E-state index contributed by atoms with van der Waals surface area (Å²) in [5.41, 5.74) is 1.60. The third kappa shape index (κ3) is 2.60. The Morgan fingerprint density at radius 3 is 2.65 bits per heavy atom. The molecule has 6 nitrogen and oxygen atoms in total. The fourth-order valence-electron chi connectivity index (χ4n) is 2.58. The number of hydrogen-bond acceptors (Lipinski definition) is 3. The van der Waals surface area contributed by atoms with Crippen LogP contribution in [-0.4, -0.2) is 37.6 Å². The summed E-state index contributed by atoms with van der Waals surface area (Å²) in [5.74, 6) is 0.00849. The van der Waals surface area contributed by atoms with Crippen LogP contribution >= 0.6 is 0 Å². The number of benzene rings is 1. The van der Waals surface area contributed by atoms with Crippen molar-refractivity contribution in [2.45, 2.75) is 18.9 Å². The van der Waals surface area contributed by atoms with E-state index in [-0.39, 0.29) is 18.0 Å². The van der Waals surface area contributed by atoms with E-state index in [1.54, 1.807) is 4.90 Å². The summed E-state index contributed by atoms with van der Waals surface area (Å²) >= 11 is 0. The average Bonchev–Trinajstić information content (AvgIpc) is 3.11. The van der Waals surface area contributed by atoms with Gasteiger partial charge in [-0.2, -0.15) is 0 Å². The number of carbonyl (C=O) groups excluding carboxylic acids is 2. The zero-order valence-electron chi connectivity index (χ0n) is 11.2. The van der Waals surface area contributed by atoms with Crippen molar-refractivity contribution >= 4 is 23.3 Å². The fraction of sp³-hybridized carbons (Fsp3) is 0.429. The van der Waals surface area contributed by atoms with E-state index < -0.39 is 0 Å². The van der Waals surface area contributed by atoms with E-state index in [0.717, 1.165) is 30.8 Å². The molecule has 0 aromatic heterocycles. The molecule has 0 spiro atoms. The zero-order valence-corrected chi connectivity index (χ0v) is 11.2. The Morgan fingerprint density at radius 2 is 2.05 bits per heavy atom. The molecule has 106 valence electrons. The largest absolute Gasteiger partial charge is 0.336 e. The quantitative estimate of drug-likeness (QED) is 0.767. The van der Waals surface area contributed by atoms with Gasteiger partial charge >= 0.3 is 6.03 Å². The van der Waals surface area contributed by atoms with Crippen molar-refractivity contribution in [3.8, 4) is 0 Å². The van der Waals surface area contributed by atoms with Crippen molar-refractivity contribution in [2.24, 2.45) is 0 Å². The lowest BCUT2D eigenvalue weighted by Gasteiger charge is -2.15. The van der Waals surface area contributed by atoms with Crippen molar-refractivity contribution in [3.63, 3.8) is 0 Å². The molecule has 3 amide bonds. The highest BCUT2D eigenvalue weighted by molar-refractivity contribution is 5.96. The zero-order chi connectivity index (χ0) is 13.9. The van der Waals surface area contributed by atoms with Crippen LogP contribution in [-0.2, 0) is 4.79 Å². The van der Waals surface area contributed by atoms with E-state index in [0.29, 0.717) is 13.1 Å². The topological polar surface area (TPSA) is 73.5 Å². The van der Waals surface area contributed by atoms with Crippen LogP contribution in [0.4, 0.5) is 16.2 Å². The van der Waals surface area contributed by atoms with Crippen molar-refractivity contribution < 1.29 is 9.59 Å². The molecule has 2 heterocycles. The Kier molecular flexibility index (Phi) is 3.56. The SMILES string of the molecule is O=C(Nc1ccc(N2CCNC2=O)cc1)C1CCCN1. The standard InChI is InChI=1S/C14H18N4O2/c19-13(12-2-1-7-15-12)17-10-3-5-11(6-4-10)18-9-8-16-14(18)20/h3-6,12,15H,1-2,7-9H2,(H,16,20)(H,17,19). The summed E-state index contributed by atoms with van der Waals surface area (Å²) in [4.78, 5) is 25.2. The molecule has 20 heavy (non-hydrogen) atoms. The lowest BCUT2D eigenvalue weighted by Crippen LogP contribution is -2.35. The van der Waals surface area contributed by atoms with Crippen molar-refractivity contribution in [1.29, 1.82) is 0 Å². The van der Waals surface area contributed by atoms with Gasteiger partial charge in [0, 0.05) is 24.5 Å². The Labute approximate surface area is 117 Å². The summed E-state index contributed by atoms with van der Waals surface area (Å²) in [6.07, 6.45) is 1.93. The third-order valence-electron chi connectivity index (χ3n) is 3.68. The Morgan fingerprint density at radius 1 is 1.25 bits per heavy atom. The number of carbonyl (C=O) groups is 2. The number of urea groups is 1. The molecule has 0 saturated carbocycles.